The maximum absolute atomic E-state index is 3.92. The van der Waals surface area contributed by atoms with Crippen LogP contribution in [0.25, 0.3) is 0 Å². The van der Waals surface area contributed by atoms with Crippen molar-refractivity contribution >= 4 is 0 Å². The molecule has 0 fully saturated rings. The van der Waals surface area contributed by atoms with E-state index in [0.29, 0.717) is 0 Å². The largest absolute Gasteiger partial charge is 0.233 e. The van der Waals surface area contributed by atoms with Crippen LogP contribution in [0.2, 0.25) is 0 Å². The van der Waals surface area contributed by atoms with Crippen LogP contribution in [0.15, 0.2) is 0 Å². The SMILES string of the molecule is Cn1nnnc1CCCCc1nnnn1C. The molecule has 0 spiro atoms. The molecule has 16 heavy (non-hydrogen) atoms. The van der Waals surface area contributed by atoms with Gasteiger partial charge in [-0.15, -0.1) is 10.2 Å². The minimum Gasteiger partial charge on any atom is -0.233 e. The molecule has 8 heteroatoms. The number of aryl methyl sites for hydroxylation is 4. The third-order valence-electron chi connectivity index (χ3n) is 2.47. The lowest BCUT2D eigenvalue weighted by Gasteiger charge is -1.99. The molecule has 0 N–H and O–H groups in total. The molecule has 8 nitrogen and oxygen atoms in total. The van der Waals surface area contributed by atoms with Crippen molar-refractivity contribution in [1.29, 1.82) is 0 Å². The van der Waals surface area contributed by atoms with Crippen LogP contribution in [0.5, 0.6) is 0 Å². The van der Waals surface area contributed by atoms with Crippen molar-refractivity contribution in [3.05, 3.63) is 11.6 Å². The van der Waals surface area contributed by atoms with Gasteiger partial charge in [0.05, 0.1) is 0 Å². The molecule has 2 aromatic heterocycles. The van der Waals surface area contributed by atoms with E-state index in [1.165, 1.54) is 0 Å². The summed E-state index contributed by atoms with van der Waals surface area (Å²) in [6.45, 7) is 0. The average molecular weight is 222 g/mol. The van der Waals surface area contributed by atoms with Crippen LogP contribution >= 0.6 is 0 Å². The lowest BCUT2D eigenvalue weighted by atomic mass is 10.2. The number of hydrogen-bond donors (Lipinski definition) is 0. The van der Waals surface area contributed by atoms with Gasteiger partial charge in [0.25, 0.3) is 0 Å². The number of unbranched alkanes of at least 4 members (excludes halogenated alkanes) is 1. The Morgan fingerprint density at radius 3 is 1.56 bits per heavy atom. The molecule has 0 aliphatic carbocycles. The maximum Gasteiger partial charge on any atom is 0.150 e. The first-order valence-electron chi connectivity index (χ1n) is 5.20. The fourth-order valence-electron chi connectivity index (χ4n) is 1.49. The molecule has 0 radical (unpaired) electrons. The molecule has 0 bridgehead atoms. The van der Waals surface area contributed by atoms with Gasteiger partial charge in [0, 0.05) is 26.9 Å². The van der Waals surface area contributed by atoms with Crippen molar-refractivity contribution < 1.29 is 0 Å². The van der Waals surface area contributed by atoms with Crippen LogP contribution in [0.4, 0.5) is 0 Å². The summed E-state index contributed by atoms with van der Waals surface area (Å²) in [5, 5.41) is 22.6. The van der Waals surface area contributed by atoms with E-state index in [-0.39, 0.29) is 0 Å². The quantitative estimate of drug-likeness (QED) is 0.622. The van der Waals surface area contributed by atoms with Gasteiger partial charge in [-0.1, -0.05) is 0 Å². The van der Waals surface area contributed by atoms with Crippen molar-refractivity contribution in [2.75, 3.05) is 0 Å². The fourth-order valence-corrected chi connectivity index (χ4v) is 1.49. The van der Waals surface area contributed by atoms with Crippen LogP contribution < -0.4 is 0 Å². The summed E-state index contributed by atoms with van der Waals surface area (Å²) in [6, 6.07) is 0. The van der Waals surface area contributed by atoms with E-state index in [1.807, 2.05) is 14.1 Å². The Morgan fingerprint density at radius 2 is 1.25 bits per heavy atom. The number of nitrogens with zero attached hydrogens (tertiary/aromatic N) is 8. The first-order valence-corrected chi connectivity index (χ1v) is 5.20. The van der Waals surface area contributed by atoms with Gasteiger partial charge in [0.1, 0.15) is 0 Å². The lowest BCUT2D eigenvalue weighted by Crippen LogP contribution is -2.02. The molecule has 2 rings (SSSR count). The molecule has 0 atom stereocenters. The second-order valence-corrected chi connectivity index (χ2v) is 3.64. The summed E-state index contributed by atoms with van der Waals surface area (Å²) in [5.74, 6) is 1.83. The highest BCUT2D eigenvalue weighted by Gasteiger charge is 2.04. The van der Waals surface area contributed by atoms with E-state index in [2.05, 4.69) is 31.1 Å². The van der Waals surface area contributed by atoms with Gasteiger partial charge in [-0.3, -0.25) is 0 Å². The van der Waals surface area contributed by atoms with Gasteiger partial charge in [-0.25, -0.2) is 9.36 Å². The second-order valence-electron chi connectivity index (χ2n) is 3.64. The van der Waals surface area contributed by atoms with Crippen molar-refractivity contribution in [2.24, 2.45) is 14.1 Å². The highest BCUT2D eigenvalue weighted by Crippen LogP contribution is 2.03. The molecule has 0 amide bonds. The van der Waals surface area contributed by atoms with Crippen LogP contribution in [0.3, 0.4) is 0 Å². The van der Waals surface area contributed by atoms with Gasteiger partial charge in [-0.05, 0) is 33.7 Å². The summed E-state index contributed by atoms with van der Waals surface area (Å²) in [4.78, 5) is 0. The van der Waals surface area contributed by atoms with Crippen molar-refractivity contribution in [2.45, 2.75) is 25.7 Å². The molecule has 0 unspecified atom stereocenters. The van der Waals surface area contributed by atoms with Crippen molar-refractivity contribution in [3.63, 3.8) is 0 Å². The van der Waals surface area contributed by atoms with Gasteiger partial charge >= 0.3 is 0 Å². The number of aromatic nitrogens is 8. The van der Waals surface area contributed by atoms with Crippen molar-refractivity contribution in [1.82, 2.24) is 40.4 Å². The highest BCUT2D eigenvalue weighted by atomic mass is 15.5. The van der Waals surface area contributed by atoms with Gasteiger partial charge in [-0.2, -0.15) is 0 Å². The smallest absolute Gasteiger partial charge is 0.150 e. The first-order chi connectivity index (χ1) is 7.77. The van der Waals surface area contributed by atoms with E-state index in [0.717, 1.165) is 37.3 Å². The Bertz CT molecular complexity index is 402. The second kappa shape index (κ2) is 4.77. The molecule has 0 saturated carbocycles. The molecule has 0 aliphatic heterocycles. The number of tetrazole rings is 2. The van der Waals surface area contributed by atoms with Crippen LogP contribution in [0.1, 0.15) is 24.5 Å². The zero-order valence-corrected chi connectivity index (χ0v) is 9.41. The summed E-state index contributed by atoms with van der Waals surface area (Å²) in [6.07, 6.45) is 3.83. The standard InChI is InChI=1S/C8H14N8/c1-15-7(9-11-13-15)5-3-4-6-8-10-12-14-16(8)2/h3-6H2,1-2H3. The van der Waals surface area contributed by atoms with E-state index < -0.39 is 0 Å². The van der Waals surface area contributed by atoms with Crippen LogP contribution in [-0.4, -0.2) is 40.4 Å². The third-order valence-corrected chi connectivity index (χ3v) is 2.47. The third kappa shape index (κ3) is 2.38. The summed E-state index contributed by atoms with van der Waals surface area (Å²) >= 11 is 0. The van der Waals surface area contributed by atoms with E-state index in [9.17, 15) is 0 Å². The predicted molar refractivity (Wildman–Crippen MR) is 54.2 cm³/mol. The van der Waals surface area contributed by atoms with Gasteiger partial charge < -0.3 is 0 Å². The average Bonchev–Trinajstić information content (AvgIpc) is 2.84. The van der Waals surface area contributed by atoms with Crippen LogP contribution in [0, 0.1) is 0 Å². The first kappa shape index (κ1) is 10.7. The molecular weight excluding hydrogens is 208 g/mol. The zero-order chi connectivity index (χ0) is 11.4. The van der Waals surface area contributed by atoms with E-state index >= 15 is 0 Å². The Labute approximate surface area is 92.6 Å². The monoisotopic (exact) mass is 222 g/mol. The van der Waals surface area contributed by atoms with Crippen molar-refractivity contribution in [3.8, 4) is 0 Å². The van der Waals surface area contributed by atoms with E-state index in [4.69, 9.17) is 0 Å². The summed E-state index contributed by atoms with van der Waals surface area (Å²) in [5.41, 5.74) is 0. The number of hydrogen-bond acceptors (Lipinski definition) is 6. The Balaban J connectivity index is 1.74. The number of rotatable bonds is 5. The Kier molecular flexibility index (Phi) is 3.18. The topological polar surface area (TPSA) is 87.2 Å². The minimum absolute atomic E-state index is 0.884. The molecule has 0 aliphatic rings. The highest BCUT2D eigenvalue weighted by molar-refractivity contribution is 4.82. The molecule has 86 valence electrons. The molecular formula is C8H14N8. The van der Waals surface area contributed by atoms with Crippen LogP contribution in [-0.2, 0) is 26.9 Å². The summed E-state index contributed by atoms with van der Waals surface area (Å²) in [7, 11) is 3.70. The Morgan fingerprint density at radius 1 is 0.812 bits per heavy atom. The fraction of sp³-hybridized carbons (Fsp3) is 0.750. The molecule has 2 aromatic rings. The lowest BCUT2D eigenvalue weighted by molar-refractivity contribution is 0.616. The molecule has 0 aromatic carbocycles. The summed E-state index contributed by atoms with van der Waals surface area (Å²) < 4.78 is 3.40. The minimum atomic E-state index is 0.884. The maximum atomic E-state index is 3.92. The van der Waals surface area contributed by atoms with E-state index in [1.54, 1.807) is 9.36 Å². The Hall–Kier alpha value is -1.86. The zero-order valence-electron chi connectivity index (χ0n) is 9.41. The van der Waals surface area contributed by atoms with Gasteiger partial charge in [0.2, 0.25) is 0 Å². The predicted octanol–water partition coefficient (Wildman–Crippen LogP) is -0.701. The normalized spacial score (nSPS) is 10.9. The van der Waals surface area contributed by atoms with Gasteiger partial charge in [0.15, 0.2) is 11.6 Å². The molecule has 2 heterocycles. The molecule has 0 saturated heterocycles.